The van der Waals surface area contributed by atoms with E-state index >= 15 is 0 Å². The number of carboxylic acids is 1. The Balaban J connectivity index is 1.73. The lowest BCUT2D eigenvalue weighted by atomic mass is 9.81. The molecule has 0 atom stereocenters. The first kappa shape index (κ1) is 28.5. The van der Waals surface area contributed by atoms with Crippen LogP contribution in [0.3, 0.4) is 0 Å². The second kappa shape index (κ2) is 12.6. The van der Waals surface area contributed by atoms with Gasteiger partial charge in [0.2, 0.25) is 0 Å². The molecule has 1 aromatic carbocycles. The molecule has 39 heavy (non-hydrogen) atoms. The summed E-state index contributed by atoms with van der Waals surface area (Å²) in [4.78, 5) is 36.8. The highest BCUT2D eigenvalue weighted by Crippen LogP contribution is 2.36. The van der Waals surface area contributed by atoms with Gasteiger partial charge in [-0.25, -0.2) is 9.78 Å². The zero-order valence-electron chi connectivity index (χ0n) is 22.7. The zero-order chi connectivity index (χ0) is 28.0. The highest BCUT2D eigenvalue weighted by atomic mass is 35.5. The molecule has 1 amide bonds. The summed E-state index contributed by atoms with van der Waals surface area (Å²) in [6, 6.07) is 12.7. The Hall–Kier alpha value is -3.49. The van der Waals surface area contributed by atoms with Crippen molar-refractivity contribution in [3.63, 3.8) is 0 Å². The topological polar surface area (TPSA) is 105 Å². The third-order valence-electron chi connectivity index (χ3n) is 7.11. The summed E-state index contributed by atoms with van der Waals surface area (Å²) < 4.78 is 5.99. The van der Waals surface area contributed by atoms with Gasteiger partial charge < -0.3 is 20.1 Å². The van der Waals surface area contributed by atoms with Crippen LogP contribution in [0.15, 0.2) is 48.7 Å². The highest BCUT2D eigenvalue weighted by Gasteiger charge is 2.41. The van der Waals surface area contributed by atoms with Gasteiger partial charge in [0.25, 0.3) is 5.91 Å². The number of aliphatic carboxylic acids is 1. The van der Waals surface area contributed by atoms with E-state index in [0.29, 0.717) is 35.9 Å². The van der Waals surface area contributed by atoms with Crippen molar-refractivity contribution < 1.29 is 19.4 Å². The summed E-state index contributed by atoms with van der Waals surface area (Å²) >= 11 is 6.46. The van der Waals surface area contributed by atoms with E-state index in [-0.39, 0.29) is 5.69 Å². The van der Waals surface area contributed by atoms with Gasteiger partial charge in [-0.05, 0) is 70.6 Å². The number of nitrogens with zero attached hydrogens (tertiary/aromatic N) is 3. The lowest BCUT2D eigenvalue weighted by Crippen LogP contribution is -2.55. The maximum Gasteiger partial charge on any atom is 0.329 e. The summed E-state index contributed by atoms with van der Waals surface area (Å²) in [5.74, 6) is -0.985. The monoisotopic (exact) mass is 550 g/mol. The standard InChI is InChI=1S/C30H35ClN4O4/c1-20-22(9-7-16-32-20)23-11-13-25(28(36)34-30(29(37)38)14-5-4-6-15-30)33-27(23)21-10-12-24(31)26(19-21)39-18-8-17-35(2)3/h7,9-13,16,19H,4-6,8,14-15,17-18H2,1-3H3,(H,34,36)(H,37,38). The lowest BCUT2D eigenvalue weighted by molar-refractivity contribution is -0.145. The highest BCUT2D eigenvalue weighted by molar-refractivity contribution is 6.32. The van der Waals surface area contributed by atoms with E-state index in [1.165, 1.54) is 0 Å². The Kier molecular flexibility index (Phi) is 9.20. The minimum Gasteiger partial charge on any atom is -0.492 e. The van der Waals surface area contributed by atoms with E-state index in [0.717, 1.165) is 54.6 Å². The molecule has 206 valence electrons. The number of halogens is 1. The summed E-state index contributed by atoms with van der Waals surface area (Å²) in [5, 5.41) is 13.2. The number of carbonyl (C=O) groups is 2. The van der Waals surface area contributed by atoms with E-state index in [9.17, 15) is 14.7 Å². The third-order valence-corrected chi connectivity index (χ3v) is 7.42. The van der Waals surface area contributed by atoms with Crippen LogP contribution in [-0.4, -0.2) is 64.6 Å². The van der Waals surface area contributed by atoms with Crippen LogP contribution in [0.4, 0.5) is 0 Å². The number of rotatable bonds is 10. The van der Waals surface area contributed by atoms with Crippen molar-refractivity contribution in [1.29, 1.82) is 0 Å². The molecule has 0 bridgehead atoms. The van der Waals surface area contributed by atoms with Gasteiger partial charge >= 0.3 is 5.97 Å². The van der Waals surface area contributed by atoms with Crippen LogP contribution in [-0.2, 0) is 4.79 Å². The van der Waals surface area contributed by atoms with E-state index in [2.05, 4.69) is 15.2 Å². The number of pyridine rings is 2. The number of hydrogen-bond donors (Lipinski definition) is 2. The van der Waals surface area contributed by atoms with Gasteiger partial charge in [-0.3, -0.25) is 9.78 Å². The normalized spacial score (nSPS) is 14.7. The molecular formula is C30H35ClN4O4. The summed E-state index contributed by atoms with van der Waals surface area (Å²) in [7, 11) is 4.02. The molecule has 1 aliphatic carbocycles. The van der Waals surface area contributed by atoms with Crippen molar-refractivity contribution in [2.24, 2.45) is 0 Å². The fourth-order valence-electron chi connectivity index (χ4n) is 4.95. The second-order valence-electron chi connectivity index (χ2n) is 10.3. The number of benzene rings is 1. The molecule has 0 aliphatic heterocycles. The molecule has 0 spiro atoms. The molecule has 4 rings (SSSR count). The number of carboxylic acid groups (broad SMARTS) is 1. The first-order chi connectivity index (χ1) is 18.7. The zero-order valence-corrected chi connectivity index (χ0v) is 23.4. The fraction of sp³-hybridized carbons (Fsp3) is 0.400. The largest absolute Gasteiger partial charge is 0.492 e. The molecule has 9 heteroatoms. The van der Waals surface area contributed by atoms with Crippen molar-refractivity contribution in [1.82, 2.24) is 20.2 Å². The lowest BCUT2D eigenvalue weighted by Gasteiger charge is -2.33. The average molecular weight is 551 g/mol. The molecule has 0 unspecified atom stereocenters. The average Bonchev–Trinajstić information content (AvgIpc) is 2.92. The van der Waals surface area contributed by atoms with Crippen LogP contribution in [0.5, 0.6) is 5.75 Å². The van der Waals surface area contributed by atoms with Crippen LogP contribution in [0.2, 0.25) is 5.02 Å². The molecule has 2 N–H and O–H groups in total. The number of amides is 1. The third kappa shape index (κ3) is 6.75. The summed E-state index contributed by atoms with van der Waals surface area (Å²) in [5.41, 5.74) is 2.64. The summed E-state index contributed by atoms with van der Waals surface area (Å²) in [6.45, 7) is 3.31. The number of ether oxygens (including phenoxy) is 1. The molecule has 2 aromatic heterocycles. The first-order valence-electron chi connectivity index (χ1n) is 13.3. The van der Waals surface area contributed by atoms with E-state index in [1.807, 2.05) is 51.4 Å². The SMILES string of the molecule is Cc1ncccc1-c1ccc(C(=O)NC2(C(=O)O)CCCCC2)nc1-c1ccc(Cl)c(OCCCN(C)C)c1. The van der Waals surface area contributed by atoms with E-state index < -0.39 is 17.4 Å². The molecule has 1 saturated carbocycles. The number of nitrogens with one attached hydrogen (secondary N) is 1. The Labute approximate surface area is 234 Å². The predicted molar refractivity (Wildman–Crippen MR) is 152 cm³/mol. The van der Waals surface area contributed by atoms with Gasteiger partial charge in [0, 0.05) is 35.1 Å². The number of aromatic nitrogens is 2. The Morgan fingerprint density at radius 2 is 1.87 bits per heavy atom. The first-order valence-corrected chi connectivity index (χ1v) is 13.6. The quantitative estimate of drug-likeness (QED) is 0.316. The molecule has 0 saturated heterocycles. The fourth-order valence-corrected chi connectivity index (χ4v) is 5.12. The molecule has 3 aromatic rings. The molecule has 0 radical (unpaired) electrons. The molecule has 8 nitrogen and oxygen atoms in total. The second-order valence-corrected chi connectivity index (χ2v) is 10.7. The Morgan fingerprint density at radius 3 is 2.56 bits per heavy atom. The van der Waals surface area contributed by atoms with Gasteiger partial charge in [-0.2, -0.15) is 0 Å². The predicted octanol–water partition coefficient (Wildman–Crippen LogP) is 5.62. The molecule has 2 heterocycles. The van der Waals surface area contributed by atoms with E-state index in [1.54, 1.807) is 18.3 Å². The van der Waals surface area contributed by atoms with Gasteiger partial charge in [-0.1, -0.05) is 43.0 Å². The van der Waals surface area contributed by atoms with Crippen molar-refractivity contribution in [2.75, 3.05) is 27.2 Å². The summed E-state index contributed by atoms with van der Waals surface area (Å²) in [6.07, 6.45) is 5.85. The van der Waals surface area contributed by atoms with Crippen LogP contribution >= 0.6 is 11.6 Å². The maximum atomic E-state index is 13.4. The van der Waals surface area contributed by atoms with Gasteiger partial charge in [0.15, 0.2) is 0 Å². The maximum absolute atomic E-state index is 13.4. The Morgan fingerprint density at radius 1 is 1.10 bits per heavy atom. The van der Waals surface area contributed by atoms with Crippen molar-refractivity contribution in [3.05, 3.63) is 65.1 Å². The molecule has 1 aliphatic rings. The van der Waals surface area contributed by atoms with Crippen LogP contribution in [0.1, 0.15) is 54.7 Å². The molecule has 1 fully saturated rings. The number of hydrogen-bond acceptors (Lipinski definition) is 6. The minimum atomic E-state index is -1.27. The smallest absolute Gasteiger partial charge is 0.329 e. The van der Waals surface area contributed by atoms with Crippen LogP contribution in [0.25, 0.3) is 22.4 Å². The van der Waals surface area contributed by atoms with E-state index in [4.69, 9.17) is 21.3 Å². The molecular weight excluding hydrogens is 516 g/mol. The van der Waals surface area contributed by atoms with Gasteiger partial charge in [0.05, 0.1) is 17.3 Å². The number of aryl methyl sites for hydroxylation is 1. The van der Waals surface area contributed by atoms with Crippen LogP contribution < -0.4 is 10.1 Å². The van der Waals surface area contributed by atoms with Crippen molar-refractivity contribution >= 4 is 23.5 Å². The van der Waals surface area contributed by atoms with Gasteiger partial charge in [-0.15, -0.1) is 0 Å². The van der Waals surface area contributed by atoms with Crippen molar-refractivity contribution in [2.45, 2.75) is 51.0 Å². The van der Waals surface area contributed by atoms with Crippen molar-refractivity contribution in [3.8, 4) is 28.1 Å². The van der Waals surface area contributed by atoms with Gasteiger partial charge in [0.1, 0.15) is 17.0 Å². The minimum absolute atomic E-state index is 0.143. The number of carbonyl (C=O) groups excluding carboxylic acids is 1. The van der Waals surface area contributed by atoms with Crippen LogP contribution in [0, 0.1) is 6.92 Å². The Bertz CT molecular complexity index is 1340.